The van der Waals surface area contributed by atoms with Gasteiger partial charge in [0.1, 0.15) is 0 Å². The smallest absolute Gasteiger partial charge is 0.263 e. The third kappa shape index (κ3) is 5.42. The van der Waals surface area contributed by atoms with Crippen LogP contribution in [0.2, 0.25) is 0 Å². The van der Waals surface area contributed by atoms with Gasteiger partial charge in [-0.2, -0.15) is 0 Å². The summed E-state index contributed by atoms with van der Waals surface area (Å²) in [6.45, 7) is 9.39. The summed E-state index contributed by atoms with van der Waals surface area (Å²) in [5, 5.41) is 3.14. The summed E-state index contributed by atoms with van der Waals surface area (Å²) in [6, 6.07) is 2.07. The zero-order valence-corrected chi connectivity index (χ0v) is 19.0. The first-order valence-electron chi connectivity index (χ1n) is 11.6. The summed E-state index contributed by atoms with van der Waals surface area (Å²) in [5.74, 6) is 1.12. The lowest BCUT2D eigenvalue weighted by Crippen LogP contribution is -2.39. The monoisotopic (exact) mass is 433 g/mol. The van der Waals surface area contributed by atoms with E-state index in [1.54, 1.807) is 11.3 Å². The highest BCUT2D eigenvalue weighted by Gasteiger charge is 2.29. The van der Waals surface area contributed by atoms with Gasteiger partial charge in [0.15, 0.2) is 0 Å². The van der Waals surface area contributed by atoms with Crippen LogP contribution in [-0.4, -0.2) is 74.1 Å². The predicted molar refractivity (Wildman–Crippen MR) is 119 cm³/mol. The summed E-state index contributed by atoms with van der Waals surface area (Å²) in [5.41, 5.74) is 1.22. The molecule has 1 atom stereocenters. The Morgan fingerprint density at radius 3 is 2.70 bits per heavy atom. The minimum Gasteiger partial charge on any atom is -0.379 e. The third-order valence-electron chi connectivity index (χ3n) is 6.79. The predicted octanol–water partition coefficient (Wildman–Crippen LogP) is 2.56. The highest BCUT2D eigenvalue weighted by Crippen LogP contribution is 2.33. The molecule has 4 rings (SSSR count). The second kappa shape index (κ2) is 10.2. The summed E-state index contributed by atoms with van der Waals surface area (Å²) in [4.78, 5) is 32.1. The van der Waals surface area contributed by atoms with Crippen molar-refractivity contribution in [3.05, 3.63) is 21.4 Å². The second-order valence-corrected chi connectivity index (χ2v) is 10.2. The molecule has 166 valence electrons. The van der Waals surface area contributed by atoms with Crippen molar-refractivity contribution in [1.82, 2.24) is 15.1 Å². The Bertz CT molecular complexity index is 736. The maximum absolute atomic E-state index is 12.9. The molecule has 2 saturated heterocycles. The summed E-state index contributed by atoms with van der Waals surface area (Å²) >= 11 is 1.65. The second-order valence-electron chi connectivity index (χ2n) is 9.07. The van der Waals surface area contributed by atoms with Gasteiger partial charge in [0, 0.05) is 43.5 Å². The number of morpholine rings is 1. The first-order valence-corrected chi connectivity index (χ1v) is 12.4. The molecule has 3 aliphatic rings. The quantitative estimate of drug-likeness (QED) is 0.701. The number of aryl methyl sites for hydroxylation is 1. The number of rotatable bonds is 6. The van der Waals surface area contributed by atoms with Crippen molar-refractivity contribution in [2.45, 2.75) is 45.4 Å². The Morgan fingerprint density at radius 1 is 1.17 bits per heavy atom. The van der Waals surface area contributed by atoms with Crippen LogP contribution >= 0.6 is 11.3 Å². The topological polar surface area (TPSA) is 61.9 Å². The molecule has 0 unspecified atom stereocenters. The molecule has 30 heavy (non-hydrogen) atoms. The maximum atomic E-state index is 12.9. The van der Waals surface area contributed by atoms with Crippen LogP contribution in [0.15, 0.2) is 6.07 Å². The average Bonchev–Trinajstić information content (AvgIpc) is 3.21. The summed E-state index contributed by atoms with van der Waals surface area (Å²) in [7, 11) is 0. The molecule has 2 fully saturated rings. The van der Waals surface area contributed by atoms with Crippen LogP contribution in [0.1, 0.15) is 52.7 Å². The number of ether oxygens (including phenoxy) is 1. The van der Waals surface area contributed by atoms with E-state index in [1.165, 1.54) is 10.4 Å². The Morgan fingerprint density at radius 2 is 1.93 bits per heavy atom. The Balaban J connectivity index is 1.24. The van der Waals surface area contributed by atoms with Crippen LogP contribution < -0.4 is 5.32 Å². The zero-order valence-electron chi connectivity index (χ0n) is 18.2. The molecule has 6 nitrogen and oxygen atoms in total. The Kier molecular flexibility index (Phi) is 7.44. The van der Waals surface area contributed by atoms with Crippen LogP contribution in [-0.2, 0) is 22.4 Å². The standard InChI is InChI=1S/C23H35N3O3S/c1-17-5-9-26(10-6-17)23(28)21-16-19-15-18(3-4-20(19)30-21)22(27)24-7-2-8-25-11-13-29-14-12-25/h16-18H,2-15H2,1H3,(H,24,27)/t18-/m0/s1. The SMILES string of the molecule is CC1CCN(C(=O)c2cc3c(s2)CC[C@H](C(=O)NCCCN2CCOCC2)C3)CC1. The molecular weight excluding hydrogens is 398 g/mol. The fourth-order valence-corrected chi connectivity index (χ4v) is 5.88. The van der Waals surface area contributed by atoms with E-state index in [2.05, 4.69) is 23.2 Å². The van der Waals surface area contributed by atoms with Gasteiger partial charge < -0.3 is 15.0 Å². The van der Waals surface area contributed by atoms with E-state index < -0.39 is 0 Å². The van der Waals surface area contributed by atoms with E-state index in [9.17, 15) is 9.59 Å². The van der Waals surface area contributed by atoms with Gasteiger partial charge in [0.05, 0.1) is 18.1 Å². The van der Waals surface area contributed by atoms with E-state index in [0.29, 0.717) is 0 Å². The number of hydrogen-bond donors (Lipinski definition) is 1. The van der Waals surface area contributed by atoms with Crippen LogP contribution in [0, 0.1) is 11.8 Å². The van der Waals surface area contributed by atoms with Crippen molar-refractivity contribution in [3.63, 3.8) is 0 Å². The minimum atomic E-state index is 0.0364. The largest absolute Gasteiger partial charge is 0.379 e. The van der Waals surface area contributed by atoms with Gasteiger partial charge in [-0.15, -0.1) is 11.3 Å². The number of piperidine rings is 1. The molecule has 0 bridgehead atoms. The lowest BCUT2D eigenvalue weighted by molar-refractivity contribution is -0.125. The van der Waals surface area contributed by atoms with Crippen LogP contribution in [0.3, 0.4) is 0 Å². The highest BCUT2D eigenvalue weighted by molar-refractivity contribution is 7.14. The number of carbonyl (C=O) groups is 2. The lowest BCUT2D eigenvalue weighted by Gasteiger charge is -2.29. The van der Waals surface area contributed by atoms with Gasteiger partial charge >= 0.3 is 0 Å². The molecule has 0 radical (unpaired) electrons. The molecule has 2 aliphatic heterocycles. The molecule has 0 spiro atoms. The number of hydrogen-bond acceptors (Lipinski definition) is 5. The molecule has 0 saturated carbocycles. The molecule has 2 amide bonds. The summed E-state index contributed by atoms with van der Waals surface area (Å²) < 4.78 is 5.37. The minimum absolute atomic E-state index is 0.0364. The van der Waals surface area contributed by atoms with E-state index in [0.717, 1.165) is 102 Å². The Labute approximate surface area is 183 Å². The van der Waals surface area contributed by atoms with Gasteiger partial charge in [-0.3, -0.25) is 14.5 Å². The van der Waals surface area contributed by atoms with Crippen molar-refractivity contribution < 1.29 is 14.3 Å². The molecule has 1 aromatic rings. The van der Waals surface area contributed by atoms with E-state index in [-0.39, 0.29) is 17.7 Å². The molecule has 1 aromatic heterocycles. The van der Waals surface area contributed by atoms with Crippen LogP contribution in [0.4, 0.5) is 0 Å². The molecular formula is C23H35N3O3S. The van der Waals surface area contributed by atoms with Crippen LogP contribution in [0.5, 0.6) is 0 Å². The van der Waals surface area contributed by atoms with E-state index >= 15 is 0 Å². The van der Waals surface area contributed by atoms with Crippen molar-refractivity contribution in [1.29, 1.82) is 0 Å². The molecule has 3 heterocycles. The molecule has 1 aliphatic carbocycles. The fourth-order valence-electron chi connectivity index (χ4n) is 4.70. The van der Waals surface area contributed by atoms with E-state index in [4.69, 9.17) is 4.74 Å². The van der Waals surface area contributed by atoms with Gasteiger partial charge in [-0.25, -0.2) is 0 Å². The molecule has 1 N–H and O–H groups in total. The number of nitrogens with zero attached hydrogens (tertiary/aromatic N) is 2. The van der Waals surface area contributed by atoms with Crippen molar-refractivity contribution in [2.75, 3.05) is 52.5 Å². The zero-order chi connectivity index (χ0) is 20.9. The lowest BCUT2D eigenvalue weighted by atomic mass is 9.87. The average molecular weight is 434 g/mol. The van der Waals surface area contributed by atoms with Crippen molar-refractivity contribution in [2.24, 2.45) is 11.8 Å². The fraction of sp³-hybridized carbons (Fsp3) is 0.739. The number of fused-ring (bicyclic) bond motifs is 1. The molecule has 7 heteroatoms. The highest BCUT2D eigenvalue weighted by atomic mass is 32.1. The molecule has 0 aromatic carbocycles. The van der Waals surface area contributed by atoms with Gasteiger partial charge in [0.2, 0.25) is 5.91 Å². The van der Waals surface area contributed by atoms with Gasteiger partial charge in [-0.05, 0) is 62.6 Å². The number of amides is 2. The maximum Gasteiger partial charge on any atom is 0.263 e. The number of thiophene rings is 1. The Hall–Kier alpha value is -1.44. The van der Waals surface area contributed by atoms with Crippen molar-refractivity contribution >= 4 is 23.2 Å². The van der Waals surface area contributed by atoms with Gasteiger partial charge in [-0.1, -0.05) is 6.92 Å². The first kappa shape index (κ1) is 21.8. The number of likely N-dealkylation sites (tertiary alicyclic amines) is 1. The number of carbonyl (C=O) groups excluding carboxylic acids is 2. The van der Waals surface area contributed by atoms with E-state index in [1.807, 2.05) is 4.90 Å². The van der Waals surface area contributed by atoms with Crippen LogP contribution in [0.25, 0.3) is 0 Å². The first-order chi connectivity index (χ1) is 14.6. The van der Waals surface area contributed by atoms with Gasteiger partial charge in [0.25, 0.3) is 5.91 Å². The normalized spacial score (nSPS) is 23.2. The summed E-state index contributed by atoms with van der Waals surface area (Å²) in [6.07, 6.45) is 5.75. The van der Waals surface area contributed by atoms with Crippen molar-refractivity contribution in [3.8, 4) is 0 Å². The number of nitrogens with one attached hydrogen (secondary N) is 1. The third-order valence-corrected chi connectivity index (χ3v) is 8.01.